The number of nitrogens with two attached hydrogens (primary N) is 1. The highest BCUT2D eigenvalue weighted by atomic mass is 16.5. The number of carbonyl (C=O) groups excluding carboxylic acids is 1. The molecule has 2 rings (SSSR count). The Kier molecular flexibility index (Phi) is 4.20. The maximum absolute atomic E-state index is 12.0. The zero-order valence-corrected chi connectivity index (χ0v) is 10.8. The molecule has 0 spiro atoms. The minimum Gasteiger partial charge on any atom is -0.484 e. The van der Waals surface area contributed by atoms with E-state index in [1.165, 1.54) is 0 Å². The van der Waals surface area contributed by atoms with E-state index in [9.17, 15) is 4.79 Å². The number of likely N-dealkylation sites (tertiary alicyclic amines) is 1. The fourth-order valence-corrected chi connectivity index (χ4v) is 2.34. The second kappa shape index (κ2) is 5.87. The molecule has 0 aliphatic carbocycles. The molecule has 1 aliphatic heterocycles. The van der Waals surface area contributed by atoms with Crippen LogP contribution in [0.25, 0.3) is 0 Å². The zero-order valence-electron chi connectivity index (χ0n) is 10.8. The van der Waals surface area contributed by atoms with Crippen LogP contribution in [0.2, 0.25) is 0 Å². The van der Waals surface area contributed by atoms with Gasteiger partial charge in [-0.25, -0.2) is 0 Å². The van der Waals surface area contributed by atoms with E-state index in [1.807, 2.05) is 36.1 Å². The second-order valence-corrected chi connectivity index (χ2v) is 4.72. The highest BCUT2D eigenvalue weighted by molar-refractivity contribution is 5.78. The van der Waals surface area contributed by atoms with Crippen molar-refractivity contribution in [3.05, 3.63) is 29.8 Å². The highest BCUT2D eigenvalue weighted by Gasteiger charge is 2.27. The topological polar surface area (TPSA) is 55.6 Å². The third-order valence-corrected chi connectivity index (χ3v) is 3.32. The van der Waals surface area contributed by atoms with Gasteiger partial charge in [0, 0.05) is 19.1 Å². The van der Waals surface area contributed by atoms with Gasteiger partial charge in [-0.15, -0.1) is 0 Å². The standard InChI is InChI=1S/C14H20N2O2/c1-11-4-2-6-13(8-11)18-10-14(17)16-7-3-5-12(16)9-15/h2,4,6,8,12H,3,5,7,9-10,15H2,1H3. The molecule has 1 saturated heterocycles. The number of rotatable bonds is 4. The van der Waals surface area contributed by atoms with Crippen LogP contribution in [0, 0.1) is 6.92 Å². The van der Waals surface area contributed by atoms with E-state index in [4.69, 9.17) is 10.5 Å². The van der Waals surface area contributed by atoms with Crippen LogP contribution in [0.4, 0.5) is 0 Å². The van der Waals surface area contributed by atoms with Gasteiger partial charge in [0.25, 0.3) is 5.91 Å². The Bertz CT molecular complexity index is 420. The minimum atomic E-state index is 0.0319. The summed E-state index contributed by atoms with van der Waals surface area (Å²) < 4.78 is 5.52. The van der Waals surface area contributed by atoms with Crippen molar-refractivity contribution in [3.63, 3.8) is 0 Å². The Morgan fingerprint density at radius 2 is 2.39 bits per heavy atom. The lowest BCUT2D eigenvalue weighted by Gasteiger charge is -2.23. The molecular formula is C14H20N2O2. The van der Waals surface area contributed by atoms with Crippen LogP contribution < -0.4 is 10.5 Å². The van der Waals surface area contributed by atoms with Crippen molar-refractivity contribution in [2.45, 2.75) is 25.8 Å². The van der Waals surface area contributed by atoms with Crippen molar-refractivity contribution in [2.75, 3.05) is 19.7 Å². The SMILES string of the molecule is Cc1cccc(OCC(=O)N2CCCC2CN)c1. The number of nitrogens with zero attached hydrogens (tertiary/aromatic N) is 1. The number of ether oxygens (including phenoxy) is 1. The van der Waals surface area contributed by atoms with Gasteiger partial charge in [-0.3, -0.25) is 4.79 Å². The van der Waals surface area contributed by atoms with E-state index in [0.717, 1.165) is 30.7 Å². The van der Waals surface area contributed by atoms with E-state index in [0.29, 0.717) is 6.54 Å². The van der Waals surface area contributed by atoms with Gasteiger partial charge in [-0.1, -0.05) is 12.1 Å². The van der Waals surface area contributed by atoms with Crippen molar-refractivity contribution in [1.29, 1.82) is 0 Å². The molecule has 0 saturated carbocycles. The summed E-state index contributed by atoms with van der Waals surface area (Å²) in [5.41, 5.74) is 6.78. The molecule has 98 valence electrons. The molecule has 1 heterocycles. The molecule has 0 aromatic heterocycles. The maximum atomic E-state index is 12.0. The van der Waals surface area contributed by atoms with Gasteiger partial charge in [0.1, 0.15) is 5.75 Å². The molecular weight excluding hydrogens is 228 g/mol. The molecule has 4 nitrogen and oxygen atoms in total. The number of amides is 1. The summed E-state index contributed by atoms with van der Waals surface area (Å²) >= 11 is 0. The van der Waals surface area contributed by atoms with Crippen molar-refractivity contribution in [1.82, 2.24) is 4.90 Å². The lowest BCUT2D eigenvalue weighted by atomic mass is 10.2. The van der Waals surface area contributed by atoms with Crippen LogP contribution in [0.15, 0.2) is 24.3 Å². The lowest BCUT2D eigenvalue weighted by molar-refractivity contribution is -0.134. The Labute approximate surface area is 108 Å². The van der Waals surface area contributed by atoms with Crippen molar-refractivity contribution >= 4 is 5.91 Å². The van der Waals surface area contributed by atoms with Crippen LogP contribution in [-0.4, -0.2) is 36.5 Å². The van der Waals surface area contributed by atoms with Crippen molar-refractivity contribution in [3.8, 4) is 5.75 Å². The molecule has 18 heavy (non-hydrogen) atoms. The second-order valence-electron chi connectivity index (χ2n) is 4.72. The quantitative estimate of drug-likeness (QED) is 0.874. The Morgan fingerprint density at radius 3 is 3.11 bits per heavy atom. The molecule has 1 aromatic rings. The third kappa shape index (κ3) is 3.01. The summed E-state index contributed by atoms with van der Waals surface area (Å²) in [6.07, 6.45) is 2.05. The summed E-state index contributed by atoms with van der Waals surface area (Å²) in [4.78, 5) is 13.9. The fraction of sp³-hybridized carbons (Fsp3) is 0.500. The number of hydrogen-bond donors (Lipinski definition) is 1. The zero-order chi connectivity index (χ0) is 13.0. The van der Waals surface area contributed by atoms with Crippen molar-refractivity contribution < 1.29 is 9.53 Å². The first kappa shape index (κ1) is 12.9. The van der Waals surface area contributed by atoms with E-state index in [-0.39, 0.29) is 18.6 Å². The predicted molar refractivity (Wildman–Crippen MR) is 70.5 cm³/mol. The van der Waals surface area contributed by atoms with Crippen LogP contribution >= 0.6 is 0 Å². The average Bonchev–Trinajstić information content (AvgIpc) is 2.84. The molecule has 1 aliphatic rings. The van der Waals surface area contributed by atoms with Gasteiger partial charge in [-0.2, -0.15) is 0 Å². The lowest BCUT2D eigenvalue weighted by Crippen LogP contribution is -2.42. The average molecular weight is 248 g/mol. The maximum Gasteiger partial charge on any atom is 0.260 e. The number of carbonyl (C=O) groups is 1. The molecule has 0 bridgehead atoms. The monoisotopic (exact) mass is 248 g/mol. The summed E-state index contributed by atoms with van der Waals surface area (Å²) in [6, 6.07) is 7.91. The summed E-state index contributed by atoms with van der Waals surface area (Å²) in [5, 5.41) is 0. The first-order valence-electron chi connectivity index (χ1n) is 6.39. The van der Waals surface area contributed by atoms with Crippen LogP contribution in [0.1, 0.15) is 18.4 Å². The van der Waals surface area contributed by atoms with E-state index >= 15 is 0 Å². The van der Waals surface area contributed by atoms with E-state index in [2.05, 4.69) is 0 Å². The largest absolute Gasteiger partial charge is 0.484 e. The summed E-state index contributed by atoms with van der Waals surface area (Å²) in [5.74, 6) is 0.774. The molecule has 0 radical (unpaired) electrons. The highest BCUT2D eigenvalue weighted by Crippen LogP contribution is 2.17. The third-order valence-electron chi connectivity index (χ3n) is 3.32. The predicted octanol–water partition coefficient (Wildman–Crippen LogP) is 1.32. The first-order valence-corrected chi connectivity index (χ1v) is 6.39. The van der Waals surface area contributed by atoms with E-state index < -0.39 is 0 Å². The number of benzene rings is 1. The van der Waals surface area contributed by atoms with Gasteiger partial charge in [0.2, 0.25) is 0 Å². The van der Waals surface area contributed by atoms with Gasteiger partial charge in [-0.05, 0) is 37.5 Å². The smallest absolute Gasteiger partial charge is 0.260 e. The van der Waals surface area contributed by atoms with Crippen LogP contribution in [-0.2, 0) is 4.79 Å². The molecule has 1 amide bonds. The molecule has 1 atom stereocenters. The molecule has 1 aromatic carbocycles. The molecule has 4 heteroatoms. The minimum absolute atomic E-state index is 0.0319. The van der Waals surface area contributed by atoms with Crippen molar-refractivity contribution in [2.24, 2.45) is 5.73 Å². The number of aryl methyl sites for hydroxylation is 1. The Hall–Kier alpha value is -1.55. The normalized spacial score (nSPS) is 19.0. The van der Waals surface area contributed by atoms with Gasteiger partial charge in [0.15, 0.2) is 6.61 Å². The first-order chi connectivity index (χ1) is 8.70. The molecule has 2 N–H and O–H groups in total. The van der Waals surface area contributed by atoms with Crippen LogP contribution in [0.3, 0.4) is 0 Å². The van der Waals surface area contributed by atoms with Gasteiger partial charge in [0.05, 0.1) is 0 Å². The Balaban J connectivity index is 1.88. The summed E-state index contributed by atoms with van der Waals surface area (Å²) in [6.45, 7) is 3.44. The summed E-state index contributed by atoms with van der Waals surface area (Å²) in [7, 11) is 0. The molecule has 1 fully saturated rings. The van der Waals surface area contributed by atoms with E-state index in [1.54, 1.807) is 0 Å². The van der Waals surface area contributed by atoms with Crippen LogP contribution in [0.5, 0.6) is 5.75 Å². The molecule has 1 unspecified atom stereocenters. The fourth-order valence-electron chi connectivity index (χ4n) is 2.34. The Morgan fingerprint density at radius 1 is 1.56 bits per heavy atom. The van der Waals surface area contributed by atoms with Gasteiger partial charge < -0.3 is 15.4 Å². The number of hydrogen-bond acceptors (Lipinski definition) is 3. The van der Waals surface area contributed by atoms with Gasteiger partial charge >= 0.3 is 0 Å².